The maximum absolute atomic E-state index is 5.77. The molecule has 5 aliphatic carbocycles. The van der Waals surface area contributed by atoms with Gasteiger partial charge in [-0.05, 0) is 81.8 Å². The van der Waals surface area contributed by atoms with Crippen LogP contribution in [0, 0.1) is 5.41 Å². The van der Waals surface area contributed by atoms with E-state index < -0.39 is 0 Å². The van der Waals surface area contributed by atoms with Gasteiger partial charge in [0.1, 0.15) is 0 Å². The number of nitrogens with one attached hydrogen (secondary N) is 1. The van der Waals surface area contributed by atoms with Crippen LogP contribution in [0.1, 0.15) is 93.5 Å². The number of fused-ring (bicyclic) bond motifs is 3. The molecule has 0 radical (unpaired) electrons. The van der Waals surface area contributed by atoms with E-state index in [2.05, 4.69) is 46.0 Å². The van der Waals surface area contributed by atoms with Gasteiger partial charge in [-0.2, -0.15) is 4.98 Å². The average Bonchev–Trinajstić information content (AvgIpc) is 3.78. The van der Waals surface area contributed by atoms with Gasteiger partial charge < -0.3 is 14.4 Å². The van der Waals surface area contributed by atoms with Crippen LogP contribution >= 0.6 is 0 Å². The Balaban J connectivity index is 1.02. The van der Waals surface area contributed by atoms with Crippen molar-refractivity contribution in [3.05, 3.63) is 47.7 Å². The molecule has 1 N–H and O–H groups in total. The van der Waals surface area contributed by atoms with Crippen LogP contribution in [0.5, 0.6) is 0 Å². The Bertz CT molecular complexity index is 1120. The summed E-state index contributed by atoms with van der Waals surface area (Å²) in [6.07, 6.45) is 12.1. The molecule has 3 aromatic rings. The van der Waals surface area contributed by atoms with Gasteiger partial charge in [0.05, 0.1) is 5.69 Å². The fraction of sp³-hybridized carbons (Fsp3) is 0.577. The normalized spacial score (nSPS) is 29.4. The zero-order valence-corrected chi connectivity index (χ0v) is 18.5. The Morgan fingerprint density at radius 1 is 0.875 bits per heavy atom. The molecule has 1 aromatic carbocycles. The van der Waals surface area contributed by atoms with E-state index in [0.717, 1.165) is 41.0 Å². The van der Waals surface area contributed by atoms with Crippen LogP contribution in [0.4, 0.5) is 5.69 Å². The fourth-order valence-electron chi connectivity index (χ4n) is 5.88. The lowest BCUT2D eigenvalue weighted by molar-refractivity contribution is 0.0322. The Hall–Kier alpha value is -2.63. The largest absolute Gasteiger partial charge is 0.384 e. The van der Waals surface area contributed by atoms with E-state index in [9.17, 15) is 0 Å². The SMILES string of the molecule is c1cc(NCC23CCC(c4nc(C5CC5)no4)(CC2)CC3)cc(-c2cc(C3CC3)no2)c1. The summed E-state index contributed by atoms with van der Waals surface area (Å²) >= 11 is 0. The van der Waals surface area contributed by atoms with Gasteiger partial charge in [0, 0.05) is 41.1 Å². The Labute approximate surface area is 188 Å². The minimum Gasteiger partial charge on any atom is -0.384 e. The maximum atomic E-state index is 5.77. The van der Waals surface area contributed by atoms with Crippen LogP contribution in [0.3, 0.4) is 0 Å². The average molecular weight is 431 g/mol. The van der Waals surface area contributed by atoms with Gasteiger partial charge in [0.15, 0.2) is 11.6 Å². The molecule has 8 rings (SSSR count). The maximum Gasteiger partial charge on any atom is 0.232 e. The third-order valence-corrected chi connectivity index (χ3v) is 8.58. The lowest BCUT2D eigenvalue weighted by atomic mass is 9.53. The second-order valence-electron chi connectivity index (χ2n) is 10.8. The number of hydrogen-bond donors (Lipinski definition) is 1. The highest BCUT2D eigenvalue weighted by molar-refractivity contribution is 5.64. The molecule has 0 aliphatic heterocycles. The zero-order chi connectivity index (χ0) is 21.2. The van der Waals surface area contributed by atoms with Gasteiger partial charge in [-0.3, -0.25) is 0 Å². The minimum absolute atomic E-state index is 0.132. The summed E-state index contributed by atoms with van der Waals surface area (Å²) in [5.41, 5.74) is 3.88. The summed E-state index contributed by atoms with van der Waals surface area (Å²) in [4.78, 5) is 4.83. The van der Waals surface area contributed by atoms with Crippen LogP contribution in [0.2, 0.25) is 0 Å². The van der Waals surface area contributed by atoms with Gasteiger partial charge in [0.25, 0.3) is 0 Å². The molecule has 0 saturated heterocycles. The first kappa shape index (κ1) is 18.9. The number of aromatic nitrogens is 3. The number of nitrogens with zero attached hydrogens (tertiary/aromatic N) is 3. The number of hydrogen-bond acceptors (Lipinski definition) is 6. The van der Waals surface area contributed by atoms with Crippen molar-refractivity contribution in [3.8, 4) is 11.3 Å². The van der Waals surface area contributed by atoms with Crippen LogP contribution in [-0.4, -0.2) is 21.8 Å². The molecule has 6 nitrogen and oxygen atoms in total. The molecule has 5 aliphatic rings. The van der Waals surface area contributed by atoms with Crippen molar-refractivity contribution >= 4 is 5.69 Å². The Kier molecular flexibility index (Phi) is 4.09. The van der Waals surface area contributed by atoms with E-state index in [4.69, 9.17) is 14.0 Å². The van der Waals surface area contributed by atoms with Crippen LogP contribution in [0.25, 0.3) is 11.3 Å². The highest BCUT2D eigenvalue weighted by atomic mass is 16.5. The number of benzene rings is 1. The third-order valence-electron chi connectivity index (χ3n) is 8.58. The summed E-state index contributed by atoms with van der Waals surface area (Å²) in [5, 5.41) is 12.3. The van der Waals surface area contributed by atoms with Crippen molar-refractivity contribution in [2.45, 2.75) is 81.5 Å². The van der Waals surface area contributed by atoms with Crippen LogP contribution in [-0.2, 0) is 5.41 Å². The molecular formula is C26H30N4O2. The predicted octanol–water partition coefficient (Wildman–Crippen LogP) is 6.18. The molecule has 5 fully saturated rings. The van der Waals surface area contributed by atoms with Gasteiger partial charge >= 0.3 is 0 Å². The third kappa shape index (κ3) is 3.26. The van der Waals surface area contributed by atoms with E-state index in [1.807, 2.05) is 0 Å². The number of anilines is 1. The van der Waals surface area contributed by atoms with E-state index >= 15 is 0 Å². The van der Waals surface area contributed by atoms with Crippen molar-refractivity contribution in [2.75, 3.05) is 11.9 Å². The molecule has 0 amide bonds. The fourth-order valence-corrected chi connectivity index (χ4v) is 5.88. The van der Waals surface area contributed by atoms with Crippen LogP contribution < -0.4 is 5.32 Å². The highest BCUT2D eigenvalue weighted by Gasteiger charge is 2.52. The lowest BCUT2D eigenvalue weighted by Crippen LogP contribution is -2.47. The van der Waals surface area contributed by atoms with Crippen molar-refractivity contribution in [1.82, 2.24) is 15.3 Å². The summed E-state index contributed by atoms with van der Waals surface area (Å²) in [7, 11) is 0. The topological polar surface area (TPSA) is 77.0 Å². The first-order valence-corrected chi connectivity index (χ1v) is 12.4. The molecule has 32 heavy (non-hydrogen) atoms. The van der Waals surface area contributed by atoms with Gasteiger partial charge in [-0.15, -0.1) is 0 Å². The molecule has 2 bridgehead atoms. The molecule has 5 saturated carbocycles. The summed E-state index contributed by atoms with van der Waals surface area (Å²) in [5.74, 6) is 3.93. The molecule has 0 spiro atoms. The van der Waals surface area contributed by atoms with E-state index in [0.29, 0.717) is 17.3 Å². The molecular weight excluding hydrogens is 400 g/mol. The molecule has 2 heterocycles. The second kappa shape index (κ2) is 6.93. The standard InChI is InChI=1S/C26H30N4O2/c1-2-19(22-15-21(29-31-22)17-4-5-17)14-20(3-1)27-16-25-8-11-26(12-9-25,13-10-25)24-28-23(30-32-24)18-6-7-18/h1-3,14-15,17-18,27H,4-13,16H2. The van der Waals surface area contributed by atoms with E-state index in [1.165, 1.54) is 64.2 Å². The molecule has 0 atom stereocenters. The van der Waals surface area contributed by atoms with E-state index in [-0.39, 0.29) is 5.41 Å². The van der Waals surface area contributed by atoms with E-state index in [1.54, 1.807) is 0 Å². The summed E-state index contributed by atoms with van der Waals surface area (Å²) in [6.45, 7) is 1.02. The minimum atomic E-state index is 0.132. The van der Waals surface area contributed by atoms with Crippen LogP contribution in [0.15, 0.2) is 39.4 Å². The molecule has 6 heteroatoms. The van der Waals surface area contributed by atoms with Gasteiger partial charge in [0.2, 0.25) is 5.89 Å². The van der Waals surface area contributed by atoms with Gasteiger partial charge in [-0.1, -0.05) is 22.4 Å². The first-order chi connectivity index (χ1) is 15.7. The number of rotatable bonds is 7. The van der Waals surface area contributed by atoms with Crippen molar-refractivity contribution in [1.29, 1.82) is 0 Å². The monoisotopic (exact) mass is 430 g/mol. The molecule has 0 unspecified atom stereocenters. The lowest BCUT2D eigenvalue weighted by Gasteiger charge is -2.52. The van der Waals surface area contributed by atoms with Gasteiger partial charge in [-0.25, -0.2) is 0 Å². The zero-order valence-electron chi connectivity index (χ0n) is 18.5. The second-order valence-corrected chi connectivity index (χ2v) is 10.8. The summed E-state index contributed by atoms with van der Waals surface area (Å²) < 4.78 is 11.4. The smallest absolute Gasteiger partial charge is 0.232 e. The quantitative estimate of drug-likeness (QED) is 0.482. The molecule has 2 aromatic heterocycles. The Morgan fingerprint density at radius 2 is 1.66 bits per heavy atom. The Morgan fingerprint density at radius 3 is 2.41 bits per heavy atom. The first-order valence-electron chi connectivity index (χ1n) is 12.4. The van der Waals surface area contributed by atoms with Crippen molar-refractivity contribution < 1.29 is 9.05 Å². The summed E-state index contributed by atoms with van der Waals surface area (Å²) in [6, 6.07) is 10.7. The predicted molar refractivity (Wildman–Crippen MR) is 120 cm³/mol. The molecule has 166 valence electrons. The highest BCUT2D eigenvalue weighted by Crippen LogP contribution is 2.57. The van der Waals surface area contributed by atoms with Crippen molar-refractivity contribution in [2.24, 2.45) is 5.41 Å². The van der Waals surface area contributed by atoms with Crippen molar-refractivity contribution in [3.63, 3.8) is 0 Å².